The third-order valence-electron chi connectivity index (χ3n) is 4.40. The van der Waals surface area contributed by atoms with Gasteiger partial charge in [-0.3, -0.25) is 0 Å². The summed E-state index contributed by atoms with van der Waals surface area (Å²) in [6.07, 6.45) is 6.68. The Bertz CT molecular complexity index is 221. The standard InChI is InChI=1S/C15H32N2O/c1-5-18-14(12-16)8-11-17(4)13-6-9-15(2,3)10-7-13/h13-14H,5-12,16H2,1-4H3. The minimum Gasteiger partial charge on any atom is -0.377 e. The molecule has 0 radical (unpaired) electrons. The van der Waals surface area contributed by atoms with Crippen LogP contribution in [0.4, 0.5) is 0 Å². The Balaban J connectivity index is 2.26. The molecule has 0 bridgehead atoms. The lowest BCUT2D eigenvalue weighted by Gasteiger charge is -2.39. The zero-order chi connectivity index (χ0) is 13.6. The molecule has 0 amide bonds. The molecular weight excluding hydrogens is 224 g/mol. The fourth-order valence-electron chi connectivity index (χ4n) is 2.86. The lowest BCUT2D eigenvalue weighted by atomic mass is 9.75. The van der Waals surface area contributed by atoms with Crippen LogP contribution in [0.25, 0.3) is 0 Å². The molecule has 0 aromatic carbocycles. The molecule has 1 aliphatic carbocycles. The maximum Gasteiger partial charge on any atom is 0.0709 e. The first-order valence-corrected chi connectivity index (χ1v) is 7.50. The van der Waals surface area contributed by atoms with E-state index >= 15 is 0 Å². The molecule has 3 nitrogen and oxygen atoms in total. The van der Waals surface area contributed by atoms with Crippen LogP contribution in [-0.2, 0) is 4.74 Å². The number of nitrogens with zero attached hydrogens (tertiary/aromatic N) is 1. The van der Waals surface area contributed by atoms with Crippen molar-refractivity contribution in [2.24, 2.45) is 11.1 Å². The smallest absolute Gasteiger partial charge is 0.0709 e. The molecule has 2 N–H and O–H groups in total. The van der Waals surface area contributed by atoms with Crippen LogP contribution in [0, 0.1) is 5.41 Å². The van der Waals surface area contributed by atoms with E-state index in [-0.39, 0.29) is 6.10 Å². The van der Waals surface area contributed by atoms with Crippen molar-refractivity contribution in [2.75, 3.05) is 26.7 Å². The largest absolute Gasteiger partial charge is 0.377 e. The van der Waals surface area contributed by atoms with E-state index in [4.69, 9.17) is 10.5 Å². The molecule has 0 aromatic heterocycles. The van der Waals surface area contributed by atoms with Gasteiger partial charge in [-0.2, -0.15) is 0 Å². The van der Waals surface area contributed by atoms with Gasteiger partial charge in [-0.1, -0.05) is 13.8 Å². The molecule has 0 aliphatic heterocycles. The van der Waals surface area contributed by atoms with E-state index < -0.39 is 0 Å². The Kier molecular flexibility index (Phi) is 6.61. The van der Waals surface area contributed by atoms with Crippen molar-refractivity contribution in [2.45, 2.75) is 65.0 Å². The predicted octanol–water partition coefficient (Wildman–Crippen LogP) is 2.64. The lowest BCUT2D eigenvalue weighted by Crippen LogP contribution is -2.39. The first kappa shape index (κ1) is 15.9. The van der Waals surface area contributed by atoms with Crippen LogP contribution in [0.15, 0.2) is 0 Å². The predicted molar refractivity (Wildman–Crippen MR) is 77.8 cm³/mol. The Morgan fingerprint density at radius 3 is 2.44 bits per heavy atom. The van der Waals surface area contributed by atoms with Crippen molar-refractivity contribution in [3.63, 3.8) is 0 Å². The SMILES string of the molecule is CCOC(CN)CCN(C)C1CCC(C)(C)CC1. The Morgan fingerprint density at radius 1 is 1.33 bits per heavy atom. The molecule has 0 heterocycles. The van der Waals surface area contributed by atoms with Crippen LogP contribution in [0.5, 0.6) is 0 Å². The van der Waals surface area contributed by atoms with Crippen LogP contribution in [0.3, 0.4) is 0 Å². The number of hydrogen-bond donors (Lipinski definition) is 1. The van der Waals surface area contributed by atoms with Crippen molar-refractivity contribution in [3.05, 3.63) is 0 Å². The normalized spacial score (nSPS) is 22.3. The number of ether oxygens (including phenoxy) is 1. The summed E-state index contributed by atoms with van der Waals surface area (Å²) >= 11 is 0. The van der Waals surface area contributed by atoms with E-state index in [0.29, 0.717) is 12.0 Å². The van der Waals surface area contributed by atoms with E-state index in [1.807, 2.05) is 6.92 Å². The van der Waals surface area contributed by atoms with Gasteiger partial charge in [0.1, 0.15) is 0 Å². The molecule has 0 spiro atoms. The first-order chi connectivity index (χ1) is 8.48. The van der Waals surface area contributed by atoms with E-state index in [1.165, 1.54) is 25.7 Å². The minimum absolute atomic E-state index is 0.234. The van der Waals surface area contributed by atoms with Crippen LogP contribution in [-0.4, -0.2) is 43.8 Å². The first-order valence-electron chi connectivity index (χ1n) is 7.50. The monoisotopic (exact) mass is 256 g/mol. The summed E-state index contributed by atoms with van der Waals surface area (Å²) in [4.78, 5) is 2.51. The molecule has 1 atom stereocenters. The number of nitrogens with two attached hydrogens (primary N) is 1. The second kappa shape index (κ2) is 7.46. The highest BCUT2D eigenvalue weighted by Crippen LogP contribution is 2.36. The molecule has 0 aromatic rings. The quantitative estimate of drug-likeness (QED) is 0.761. The Morgan fingerprint density at radius 2 is 1.94 bits per heavy atom. The van der Waals surface area contributed by atoms with Gasteiger partial charge in [0.05, 0.1) is 6.10 Å². The maximum absolute atomic E-state index is 5.72. The molecule has 1 saturated carbocycles. The van der Waals surface area contributed by atoms with Crippen molar-refractivity contribution < 1.29 is 4.74 Å². The molecule has 3 heteroatoms. The fourth-order valence-corrected chi connectivity index (χ4v) is 2.86. The molecule has 1 unspecified atom stereocenters. The summed E-state index contributed by atoms with van der Waals surface area (Å²) in [6, 6.07) is 0.762. The maximum atomic E-state index is 5.72. The van der Waals surface area contributed by atoms with E-state index in [0.717, 1.165) is 25.6 Å². The van der Waals surface area contributed by atoms with Crippen molar-refractivity contribution in [1.82, 2.24) is 4.90 Å². The van der Waals surface area contributed by atoms with Gasteiger partial charge >= 0.3 is 0 Å². The van der Waals surface area contributed by atoms with Gasteiger partial charge in [-0.15, -0.1) is 0 Å². The van der Waals surface area contributed by atoms with Gasteiger partial charge in [-0.05, 0) is 51.5 Å². The van der Waals surface area contributed by atoms with Crippen LogP contribution >= 0.6 is 0 Å². The van der Waals surface area contributed by atoms with Crippen molar-refractivity contribution in [1.29, 1.82) is 0 Å². The third-order valence-corrected chi connectivity index (χ3v) is 4.40. The second-order valence-corrected chi connectivity index (χ2v) is 6.48. The number of rotatable bonds is 7. The zero-order valence-electron chi connectivity index (χ0n) is 12.7. The molecule has 1 rings (SSSR count). The highest BCUT2D eigenvalue weighted by molar-refractivity contribution is 4.83. The van der Waals surface area contributed by atoms with E-state index in [9.17, 15) is 0 Å². The summed E-state index contributed by atoms with van der Waals surface area (Å²) in [5, 5.41) is 0. The Hall–Kier alpha value is -0.120. The van der Waals surface area contributed by atoms with Gasteiger partial charge in [0.15, 0.2) is 0 Å². The topological polar surface area (TPSA) is 38.5 Å². The summed E-state index contributed by atoms with van der Waals surface area (Å²) in [7, 11) is 2.25. The average Bonchev–Trinajstić information content (AvgIpc) is 2.34. The highest BCUT2D eigenvalue weighted by Gasteiger charge is 2.28. The second-order valence-electron chi connectivity index (χ2n) is 6.48. The summed E-state index contributed by atoms with van der Waals surface area (Å²) in [5.41, 5.74) is 6.27. The molecule has 1 aliphatic rings. The van der Waals surface area contributed by atoms with Gasteiger partial charge < -0.3 is 15.4 Å². The fraction of sp³-hybridized carbons (Fsp3) is 1.00. The minimum atomic E-state index is 0.234. The van der Waals surface area contributed by atoms with Crippen LogP contribution in [0.2, 0.25) is 0 Å². The molecule has 1 fully saturated rings. The molecule has 0 saturated heterocycles. The van der Waals surface area contributed by atoms with Crippen LogP contribution < -0.4 is 5.73 Å². The average molecular weight is 256 g/mol. The van der Waals surface area contributed by atoms with Gasteiger partial charge in [-0.25, -0.2) is 0 Å². The van der Waals surface area contributed by atoms with Crippen molar-refractivity contribution >= 4 is 0 Å². The van der Waals surface area contributed by atoms with Gasteiger partial charge in [0, 0.05) is 25.7 Å². The molecular formula is C15H32N2O. The van der Waals surface area contributed by atoms with E-state index in [2.05, 4.69) is 25.8 Å². The summed E-state index contributed by atoms with van der Waals surface area (Å²) in [6.45, 7) is 9.33. The van der Waals surface area contributed by atoms with Gasteiger partial charge in [0.25, 0.3) is 0 Å². The third kappa shape index (κ3) is 5.25. The van der Waals surface area contributed by atoms with Gasteiger partial charge in [0.2, 0.25) is 0 Å². The van der Waals surface area contributed by atoms with Crippen molar-refractivity contribution in [3.8, 4) is 0 Å². The summed E-state index contributed by atoms with van der Waals surface area (Å²) < 4.78 is 5.61. The highest BCUT2D eigenvalue weighted by atomic mass is 16.5. The zero-order valence-corrected chi connectivity index (χ0v) is 12.7. The van der Waals surface area contributed by atoms with E-state index in [1.54, 1.807) is 0 Å². The van der Waals surface area contributed by atoms with Crippen LogP contribution in [0.1, 0.15) is 52.9 Å². The summed E-state index contributed by atoms with van der Waals surface area (Å²) in [5.74, 6) is 0. The molecule has 108 valence electrons. The molecule has 18 heavy (non-hydrogen) atoms. The Labute approximate surface area is 113 Å². The number of hydrogen-bond acceptors (Lipinski definition) is 3. The lowest BCUT2D eigenvalue weighted by molar-refractivity contribution is 0.0473.